The van der Waals surface area contributed by atoms with E-state index in [0.717, 1.165) is 22.7 Å². The van der Waals surface area contributed by atoms with E-state index >= 15 is 0 Å². The number of fused-ring (bicyclic) bond motifs is 2. The molecule has 0 radical (unpaired) electrons. The minimum Gasteiger partial charge on any atom is -0.480 e. The first-order valence-corrected chi connectivity index (χ1v) is 17.1. The Morgan fingerprint density at radius 3 is 2.66 bits per heavy atom. The Labute approximate surface area is 296 Å². The summed E-state index contributed by atoms with van der Waals surface area (Å²) < 4.78 is 3.55. The fraction of sp³-hybridized carbons (Fsp3) is 0.393. The first kappa shape index (κ1) is 36.3. The number of hydrogen-bond donors (Lipinski definition) is 7. The van der Waals surface area contributed by atoms with Gasteiger partial charge in [-0.15, -0.1) is 11.8 Å². The minimum atomic E-state index is -1.44. The lowest BCUT2D eigenvalue weighted by atomic mass is 10.0. The number of nitrogens with one attached hydrogen (secondary N) is 3. The average Bonchev–Trinajstić information content (AvgIpc) is 3.60. The molecule has 0 aliphatic carbocycles. The summed E-state index contributed by atoms with van der Waals surface area (Å²) in [5, 5.41) is 39.9. The van der Waals surface area contributed by atoms with Crippen LogP contribution in [-0.2, 0) is 41.9 Å². The van der Waals surface area contributed by atoms with Gasteiger partial charge in [-0.1, -0.05) is 28.1 Å². The van der Waals surface area contributed by atoms with Crippen LogP contribution in [0.2, 0.25) is 4.34 Å². The lowest BCUT2D eigenvalue weighted by molar-refractivity contribution is -0.664. The maximum absolute atomic E-state index is 13.5. The number of carboxylic acid groups (broad SMARTS) is 3. The summed E-state index contributed by atoms with van der Waals surface area (Å²) in [7, 11) is 1.82. The second-order valence-electron chi connectivity index (χ2n) is 11.0. The Morgan fingerprint density at radius 2 is 2.02 bits per heavy atom. The number of thiazole rings is 1. The van der Waals surface area contributed by atoms with Gasteiger partial charge in [-0.3, -0.25) is 23.9 Å². The number of thioether (sulfide) groups is 1. The van der Waals surface area contributed by atoms with Crippen LogP contribution in [0.25, 0.3) is 11.2 Å². The highest BCUT2D eigenvalue weighted by molar-refractivity contribution is 8.00. The molecule has 2 aliphatic rings. The highest BCUT2D eigenvalue weighted by Gasteiger charge is 2.54. The van der Waals surface area contributed by atoms with Crippen molar-refractivity contribution in [1.29, 1.82) is 0 Å². The molecular weight excluding hydrogens is 720 g/mol. The molecule has 0 bridgehead atoms. The van der Waals surface area contributed by atoms with Gasteiger partial charge in [0.2, 0.25) is 6.10 Å². The van der Waals surface area contributed by atoms with Crippen molar-refractivity contribution in [3.63, 3.8) is 0 Å². The molecule has 22 heteroatoms. The van der Waals surface area contributed by atoms with Crippen molar-refractivity contribution >= 4 is 92.4 Å². The van der Waals surface area contributed by atoms with Gasteiger partial charge < -0.3 is 41.8 Å². The number of amides is 2. The number of hydrogen-bond acceptors (Lipinski definition) is 14. The van der Waals surface area contributed by atoms with E-state index in [1.165, 1.54) is 18.7 Å². The number of nitrogen functional groups attached to an aromatic ring is 1. The van der Waals surface area contributed by atoms with Gasteiger partial charge >= 0.3 is 29.5 Å². The Hall–Kier alpha value is -4.99. The number of anilines is 2. The van der Waals surface area contributed by atoms with Crippen LogP contribution in [0.1, 0.15) is 19.0 Å². The molecule has 5 heterocycles. The molecule has 1 fully saturated rings. The number of aryl methyl sites for hydroxylation is 1. The van der Waals surface area contributed by atoms with E-state index in [0.29, 0.717) is 35.8 Å². The van der Waals surface area contributed by atoms with Crippen LogP contribution in [0.5, 0.6) is 0 Å². The largest absolute Gasteiger partial charge is 0.480 e. The third kappa shape index (κ3) is 7.44. The van der Waals surface area contributed by atoms with Crippen LogP contribution in [-0.4, -0.2) is 114 Å². The summed E-state index contributed by atoms with van der Waals surface area (Å²) in [6.45, 7) is 2.11. The lowest BCUT2D eigenvalue weighted by Crippen LogP contribution is -2.71. The SMILES string of the molecule is CNCCCn1c(NCC(=O)O)nc2c1ccc[n+]2CC1=C(C(=O)O)N2C(=O)[C@@H](NC(=O)C(=NO[C@@H](C)C(=O)O)c3nc(N)sc3Cl)C2SC1. The number of pyridine rings is 1. The molecular formula is C28H32ClN10O9S2+. The lowest BCUT2D eigenvalue weighted by Gasteiger charge is -2.49. The van der Waals surface area contributed by atoms with Crippen molar-refractivity contribution in [3.05, 3.63) is 39.6 Å². The molecule has 8 N–H and O–H groups in total. The number of aromatic nitrogens is 4. The number of halogens is 1. The fourth-order valence-electron chi connectivity index (χ4n) is 5.25. The third-order valence-corrected chi connectivity index (χ3v) is 10.00. The van der Waals surface area contributed by atoms with E-state index < -0.39 is 53.0 Å². The van der Waals surface area contributed by atoms with Gasteiger partial charge in [0.05, 0.1) is 6.20 Å². The standard InChI is InChI=1S/C28H31ClN10O9S2/c1-12(25(44)45)48-36-17(16-20(29)50-27(30)34-16)22(42)33-18-23(43)39-19(26(46)47)13(11-49-24(18)39)10-37-7-3-5-14-21(37)35-28(32-9-15(40)41)38(14)8-4-6-31-2/h3,5,7,12,18,24,31H,4,6,8-11H2,1-2H3,(H6,30,33,34,40,41,42,44,45,46,47)/p+1/t12-,18+,24?/m0/s1. The van der Waals surface area contributed by atoms with Gasteiger partial charge in [-0.2, -0.15) is 0 Å². The van der Waals surface area contributed by atoms with Gasteiger partial charge in [0.1, 0.15) is 45.7 Å². The van der Waals surface area contributed by atoms with Gasteiger partial charge in [-0.25, -0.2) is 19.1 Å². The minimum absolute atomic E-state index is 0.00356. The molecule has 5 rings (SSSR count). The topological polar surface area (TPSA) is 268 Å². The highest BCUT2D eigenvalue weighted by Crippen LogP contribution is 2.40. The molecule has 50 heavy (non-hydrogen) atoms. The van der Waals surface area contributed by atoms with E-state index in [-0.39, 0.29) is 39.7 Å². The molecule has 1 saturated heterocycles. The van der Waals surface area contributed by atoms with E-state index in [1.807, 2.05) is 17.7 Å². The molecule has 2 amide bonds. The monoisotopic (exact) mass is 751 g/mol. The fourth-order valence-corrected chi connectivity index (χ4v) is 7.51. The molecule has 19 nitrogen and oxygen atoms in total. The Morgan fingerprint density at radius 1 is 1.26 bits per heavy atom. The van der Waals surface area contributed by atoms with E-state index in [1.54, 1.807) is 16.8 Å². The van der Waals surface area contributed by atoms with Gasteiger partial charge in [0.15, 0.2) is 10.8 Å². The highest BCUT2D eigenvalue weighted by atomic mass is 35.5. The van der Waals surface area contributed by atoms with Crippen molar-refractivity contribution in [2.45, 2.75) is 44.0 Å². The number of β-lactam (4-membered cyclic amide) rings is 1. The van der Waals surface area contributed by atoms with Crippen LogP contribution in [0.4, 0.5) is 11.1 Å². The zero-order valence-corrected chi connectivity index (χ0v) is 28.8. The Balaban J connectivity index is 1.40. The van der Waals surface area contributed by atoms with Crippen LogP contribution < -0.4 is 26.3 Å². The second-order valence-corrected chi connectivity index (χ2v) is 13.7. The Bertz CT molecular complexity index is 1930. The number of carboxylic acids is 3. The smallest absolute Gasteiger partial charge is 0.352 e. The normalized spacial score (nSPS) is 18.0. The van der Waals surface area contributed by atoms with Crippen LogP contribution in [0.3, 0.4) is 0 Å². The van der Waals surface area contributed by atoms with E-state index in [9.17, 15) is 34.2 Å². The first-order valence-electron chi connectivity index (χ1n) is 14.9. The molecule has 0 aromatic carbocycles. The summed E-state index contributed by atoms with van der Waals surface area (Å²) in [5.74, 6) is -4.93. The predicted molar refractivity (Wildman–Crippen MR) is 181 cm³/mol. The maximum Gasteiger partial charge on any atom is 0.352 e. The van der Waals surface area contributed by atoms with Crippen molar-refractivity contribution in [1.82, 2.24) is 30.1 Å². The summed E-state index contributed by atoms with van der Waals surface area (Å²) in [5.41, 5.74) is 6.33. The van der Waals surface area contributed by atoms with Crippen molar-refractivity contribution < 1.29 is 48.7 Å². The number of imidazole rings is 1. The zero-order valence-electron chi connectivity index (χ0n) is 26.5. The second kappa shape index (κ2) is 15.3. The van der Waals surface area contributed by atoms with Crippen molar-refractivity contribution in [2.75, 3.05) is 36.9 Å². The van der Waals surface area contributed by atoms with Crippen molar-refractivity contribution in [2.24, 2.45) is 5.16 Å². The number of aliphatic carboxylic acids is 3. The van der Waals surface area contributed by atoms with Crippen molar-refractivity contribution in [3.8, 4) is 0 Å². The summed E-state index contributed by atoms with van der Waals surface area (Å²) in [6, 6.07) is 2.42. The van der Waals surface area contributed by atoms with Crippen LogP contribution in [0, 0.1) is 0 Å². The molecule has 3 atom stereocenters. The van der Waals surface area contributed by atoms with Gasteiger partial charge in [-0.05, 0) is 44.1 Å². The number of carbonyl (C=O) groups excluding carboxylic acids is 2. The summed E-state index contributed by atoms with van der Waals surface area (Å²) >= 11 is 8.25. The first-order chi connectivity index (χ1) is 23.8. The molecule has 3 aromatic heterocycles. The predicted octanol–water partition coefficient (Wildman–Crippen LogP) is -0.245. The van der Waals surface area contributed by atoms with E-state index in [2.05, 4.69) is 31.1 Å². The zero-order chi connectivity index (χ0) is 36.3. The quantitative estimate of drug-likeness (QED) is 0.0327. The number of carbonyl (C=O) groups is 5. The molecule has 1 unspecified atom stereocenters. The number of rotatable bonds is 16. The number of oxime groups is 1. The molecule has 3 aromatic rings. The number of nitrogens with zero attached hydrogens (tertiary/aromatic N) is 6. The van der Waals surface area contributed by atoms with Crippen LogP contribution in [0.15, 0.2) is 34.8 Å². The average molecular weight is 752 g/mol. The number of nitrogens with two attached hydrogens (primary N) is 1. The third-order valence-electron chi connectivity index (χ3n) is 7.57. The molecule has 266 valence electrons. The molecule has 0 spiro atoms. The van der Waals surface area contributed by atoms with Gasteiger partial charge in [0.25, 0.3) is 11.8 Å². The van der Waals surface area contributed by atoms with E-state index in [4.69, 9.17) is 27.3 Å². The van der Waals surface area contributed by atoms with Crippen LogP contribution >= 0.6 is 34.7 Å². The molecule has 2 aliphatic heterocycles. The molecule has 0 saturated carbocycles. The summed E-state index contributed by atoms with van der Waals surface area (Å²) in [4.78, 5) is 76.6. The van der Waals surface area contributed by atoms with Gasteiger partial charge in [0, 0.05) is 17.9 Å². The summed E-state index contributed by atoms with van der Waals surface area (Å²) in [6.07, 6.45) is 1.00. The maximum atomic E-state index is 13.5. The Kier molecular flexibility index (Phi) is 11.1.